The maximum atomic E-state index is 13.5. The van der Waals surface area contributed by atoms with E-state index in [-0.39, 0.29) is 12.5 Å². The molecule has 1 aliphatic rings. The van der Waals surface area contributed by atoms with Gasteiger partial charge in [-0.3, -0.25) is 9.63 Å². The number of para-hydroxylation sites is 1. The number of aromatic nitrogens is 1. The van der Waals surface area contributed by atoms with E-state index in [2.05, 4.69) is 28.2 Å². The minimum atomic E-state index is -0.851. The normalized spacial score (nSPS) is 19.8. The van der Waals surface area contributed by atoms with E-state index >= 15 is 0 Å². The summed E-state index contributed by atoms with van der Waals surface area (Å²) in [4.78, 5) is 22.8. The van der Waals surface area contributed by atoms with Crippen molar-refractivity contribution in [1.82, 2.24) is 15.4 Å². The summed E-state index contributed by atoms with van der Waals surface area (Å²) in [7, 11) is 0. The Balaban J connectivity index is 1.29. The van der Waals surface area contributed by atoms with E-state index in [0.29, 0.717) is 19.5 Å². The first kappa shape index (κ1) is 27.6. The van der Waals surface area contributed by atoms with Crippen molar-refractivity contribution in [2.24, 2.45) is 5.92 Å². The number of aliphatic hydroxyl groups is 2. The van der Waals surface area contributed by atoms with Crippen LogP contribution < -0.4 is 5.32 Å². The van der Waals surface area contributed by atoms with Crippen LogP contribution in [-0.4, -0.2) is 57.6 Å². The molecule has 1 aliphatic heterocycles. The van der Waals surface area contributed by atoms with Gasteiger partial charge in [0.25, 0.3) is 0 Å². The van der Waals surface area contributed by atoms with Gasteiger partial charge in [0.15, 0.2) is 0 Å². The number of nitrogens with one attached hydrogen (secondary N) is 2. The highest BCUT2D eigenvalue weighted by atomic mass is 16.7. The number of hydrogen-bond donors (Lipinski definition) is 4. The van der Waals surface area contributed by atoms with Crippen LogP contribution in [0.3, 0.4) is 0 Å². The van der Waals surface area contributed by atoms with Crippen LogP contribution in [0.2, 0.25) is 0 Å². The Morgan fingerprint density at radius 3 is 2.62 bits per heavy atom. The van der Waals surface area contributed by atoms with Gasteiger partial charge in [0.05, 0.1) is 19.3 Å². The first-order chi connectivity index (χ1) is 19.4. The third kappa shape index (κ3) is 6.27. The van der Waals surface area contributed by atoms with E-state index in [1.807, 2.05) is 79.9 Å². The molecular formula is C33H35N3O4. The highest BCUT2D eigenvalue weighted by molar-refractivity contribution is 5.84. The van der Waals surface area contributed by atoms with Crippen LogP contribution in [-0.2, 0) is 22.6 Å². The molecule has 0 aliphatic carbocycles. The molecule has 206 valence electrons. The number of amides is 1. The molecule has 1 unspecified atom stereocenters. The lowest BCUT2D eigenvalue weighted by Crippen LogP contribution is -2.48. The Hall–Kier alpha value is -3.93. The number of carbonyl (C=O) groups excluding carboxylic acids is 1. The fourth-order valence-corrected chi connectivity index (χ4v) is 5.28. The van der Waals surface area contributed by atoms with Gasteiger partial charge in [-0.15, -0.1) is 0 Å². The van der Waals surface area contributed by atoms with Crippen LogP contribution in [0.1, 0.15) is 34.7 Å². The number of rotatable bonds is 8. The van der Waals surface area contributed by atoms with Crippen molar-refractivity contribution in [3.63, 3.8) is 0 Å². The molecule has 1 aromatic heterocycles. The number of aromatic amines is 1. The maximum Gasteiger partial charge on any atom is 0.240 e. The number of hydroxylamine groups is 2. The molecule has 1 saturated heterocycles. The molecule has 1 amide bonds. The fraction of sp³-hybridized carbons (Fsp3) is 0.303. The Bertz CT molecular complexity index is 1520. The van der Waals surface area contributed by atoms with Crippen molar-refractivity contribution in [3.05, 3.63) is 107 Å². The third-order valence-corrected chi connectivity index (χ3v) is 7.39. The molecule has 3 aromatic carbocycles. The number of nitrogens with zero attached hydrogens (tertiary/aromatic N) is 1. The van der Waals surface area contributed by atoms with Gasteiger partial charge in [0, 0.05) is 40.7 Å². The van der Waals surface area contributed by atoms with Crippen LogP contribution in [0.25, 0.3) is 10.9 Å². The molecule has 5 rings (SSSR count). The van der Waals surface area contributed by atoms with Crippen LogP contribution in [0, 0.1) is 24.7 Å². The summed E-state index contributed by atoms with van der Waals surface area (Å²) in [6.07, 6.45) is 1.08. The minimum Gasteiger partial charge on any atom is -0.396 e. The first-order valence-electron chi connectivity index (χ1n) is 13.7. The highest BCUT2D eigenvalue weighted by Gasteiger charge is 2.48. The zero-order valence-electron chi connectivity index (χ0n) is 22.8. The zero-order chi connectivity index (χ0) is 28.1. The summed E-state index contributed by atoms with van der Waals surface area (Å²) in [5.41, 5.74) is 6.07. The molecular weight excluding hydrogens is 502 g/mol. The fourth-order valence-electron chi connectivity index (χ4n) is 5.28. The van der Waals surface area contributed by atoms with Crippen molar-refractivity contribution < 1.29 is 19.8 Å². The summed E-state index contributed by atoms with van der Waals surface area (Å²) >= 11 is 0. The predicted molar refractivity (Wildman–Crippen MR) is 155 cm³/mol. The SMILES string of the molecule is Cc1ccc(C#Cc2cccc(CN3O[C@H](C(C)O)[C@H](CO)[C@@H]3C(=O)NCCc3c[nH]c4ccccc34)c2)cc1. The molecule has 1 fully saturated rings. The average Bonchev–Trinajstić information content (AvgIpc) is 3.54. The van der Waals surface area contributed by atoms with Gasteiger partial charge >= 0.3 is 0 Å². The number of carbonyl (C=O) groups is 1. The van der Waals surface area contributed by atoms with Crippen LogP contribution in [0.4, 0.5) is 0 Å². The second-order valence-corrected chi connectivity index (χ2v) is 10.4. The lowest BCUT2D eigenvalue weighted by Gasteiger charge is -2.24. The topological polar surface area (TPSA) is 97.8 Å². The smallest absolute Gasteiger partial charge is 0.240 e. The molecule has 7 heteroatoms. The lowest BCUT2D eigenvalue weighted by molar-refractivity contribution is -0.192. The summed E-state index contributed by atoms with van der Waals surface area (Å²) in [6, 6.07) is 23.2. The molecule has 2 heterocycles. The Labute approximate surface area is 234 Å². The monoisotopic (exact) mass is 537 g/mol. The van der Waals surface area contributed by atoms with Crippen molar-refractivity contribution in [3.8, 4) is 11.8 Å². The summed E-state index contributed by atoms with van der Waals surface area (Å²) < 4.78 is 0. The van der Waals surface area contributed by atoms with Gasteiger partial charge < -0.3 is 20.5 Å². The van der Waals surface area contributed by atoms with Crippen molar-refractivity contribution >= 4 is 16.8 Å². The van der Waals surface area contributed by atoms with Crippen LogP contribution in [0.5, 0.6) is 0 Å². The lowest BCUT2D eigenvalue weighted by atomic mass is 9.92. The van der Waals surface area contributed by atoms with E-state index < -0.39 is 24.2 Å². The minimum absolute atomic E-state index is 0.239. The standard InChI is InChI=1S/C33H35N3O4/c1-22-10-12-24(13-11-22)14-15-25-6-5-7-26(18-25)20-36-31(29(21-37)32(40-36)23(2)38)33(39)34-17-16-27-19-35-30-9-4-3-8-28(27)30/h3-13,18-19,23,29,31-32,35,37-38H,16-17,20-21H2,1-2H3,(H,34,39)/t23?,29-,31-,32-/m1/s1. The molecule has 4 aromatic rings. The van der Waals surface area contributed by atoms with E-state index in [9.17, 15) is 15.0 Å². The number of aryl methyl sites for hydroxylation is 1. The molecule has 0 spiro atoms. The van der Waals surface area contributed by atoms with Gasteiger partial charge in [0.1, 0.15) is 12.1 Å². The summed E-state index contributed by atoms with van der Waals surface area (Å²) in [5, 5.41) is 26.3. The largest absolute Gasteiger partial charge is 0.396 e. The Kier molecular flexibility index (Phi) is 8.63. The Morgan fingerprint density at radius 1 is 1.07 bits per heavy atom. The highest BCUT2D eigenvalue weighted by Crippen LogP contribution is 2.31. The van der Waals surface area contributed by atoms with Crippen LogP contribution >= 0.6 is 0 Å². The van der Waals surface area contributed by atoms with E-state index in [0.717, 1.165) is 33.2 Å². The van der Waals surface area contributed by atoms with Gasteiger partial charge in [-0.1, -0.05) is 59.9 Å². The molecule has 0 saturated carbocycles. The van der Waals surface area contributed by atoms with Crippen molar-refractivity contribution in [2.75, 3.05) is 13.2 Å². The number of benzene rings is 3. The van der Waals surface area contributed by atoms with Gasteiger partial charge in [-0.25, -0.2) is 0 Å². The molecule has 4 atom stereocenters. The van der Waals surface area contributed by atoms with E-state index in [1.165, 1.54) is 5.56 Å². The van der Waals surface area contributed by atoms with Crippen LogP contribution in [0.15, 0.2) is 79.0 Å². The van der Waals surface area contributed by atoms with E-state index in [4.69, 9.17) is 4.84 Å². The van der Waals surface area contributed by atoms with E-state index in [1.54, 1.807) is 12.0 Å². The second-order valence-electron chi connectivity index (χ2n) is 10.4. The first-order valence-corrected chi connectivity index (χ1v) is 13.7. The number of aliphatic hydroxyl groups excluding tert-OH is 2. The third-order valence-electron chi connectivity index (χ3n) is 7.39. The Morgan fingerprint density at radius 2 is 1.85 bits per heavy atom. The molecule has 4 N–H and O–H groups in total. The quantitative estimate of drug-likeness (QED) is 0.257. The maximum absolute atomic E-state index is 13.5. The average molecular weight is 538 g/mol. The number of hydrogen-bond acceptors (Lipinski definition) is 5. The molecule has 7 nitrogen and oxygen atoms in total. The zero-order valence-corrected chi connectivity index (χ0v) is 22.8. The van der Waals surface area contributed by atoms with Gasteiger partial charge in [-0.2, -0.15) is 5.06 Å². The molecule has 0 radical (unpaired) electrons. The van der Waals surface area contributed by atoms with Crippen molar-refractivity contribution in [2.45, 2.75) is 45.1 Å². The predicted octanol–water partition coefficient (Wildman–Crippen LogP) is 3.71. The van der Waals surface area contributed by atoms with Gasteiger partial charge in [-0.05, 0) is 61.7 Å². The van der Waals surface area contributed by atoms with Gasteiger partial charge in [0.2, 0.25) is 5.91 Å². The number of fused-ring (bicyclic) bond motifs is 1. The second kappa shape index (κ2) is 12.5. The summed E-state index contributed by atoms with van der Waals surface area (Å²) in [6.45, 7) is 4.12. The molecule has 0 bridgehead atoms. The van der Waals surface area contributed by atoms with Crippen molar-refractivity contribution in [1.29, 1.82) is 0 Å². The number of H-pyrrole nitrogens is 1. The summed E-state index contributed by atoms with van der Waals surface area (Å²) in [5.74, 6) is 5.59. The molecule has 40 heavy (non-hydrogen) atoms.